The number of aromatic nitrogens is 2. The van der Waals surface area contributed by atoms with Crippen molar-refractivity contribution in [3.8, 4) is 11.4 Å². The summed E-state index contributed by atoms with van der Waals surface area (Å²) in [5, 5.41) is 3.95. The second-order valence-electron chi connectivity index (χ2n) is 3.35. The van der Waals surface area contributed by atoms with E-state index in [-0.39, 0.29) is 5.56 Å². The number of thiophene rings is 1. The molecule has 0 aliphatic rings. The highest BCUT2D eigenvalue weighted by molar-refractivity contribution is 7.08. The van der Waals surface area contributed by atoms with Gasteiger partial charge in [-0.3, -0.25) is 4.79 Å². The van der Waals surface area contributed by atoms with Gasteiger partial charge in [-0.25, -0.2) is 4.98 Å². The average molecular weight is 220 g/mol. The second-order valence-corrected chi connectivity index (χ2v) is 4.13. The Labute approximate surface area is 91.8 Å². The lowest BCUT2D eigenvalue weighted by Gasteiger charge is -2.03. The lowest BCUT2D eigenvalue weighted by atomic mass is 10.2. The molecular weight excluding hydrogens is 208 g/mol. The van der Waals surface area contributed by atoms with E-state index in [2.05, 4.69) is 9.97 Å². The molecule has 0 atom stereocenters. The van der Waals surface area contributed by atoms with Crippen LogP contribution in [0.4, 0.5) is 0 Å². The maximum atomic E-state index is 11.6. The normalized spacial score (nSPS) is 10.5. The molecule has 4 heteroatoms. The number of aromatic amines is 1. The Bertz CT molecular complexity index is 514. The van der Waals surface area contributed by atoms with Crippen LogP contribution in [0.25, 0.3) is 11.4 Å². The molecule has 0 spiro atoms. The summed E-state index contributed by atoms with van der Waals surface area (Å²) < 4.78 is 0. The third-order valence-corrected chi connectivity index (χ3v) is 3.06. The molecule has 0 aromatic carbocycles. The Kier molecular flexibility index (Phi) is 2.68. The van der Waals surface area contributed by atoms with Crippen molar-refractivity contribution in [3.05, 3.63) is 38.4 Å². The molecule has 0 fully saturated rings. The number of nitrogens with zero attached hydrogens (tertiary/aromatic N) is 1. The summed E-state index contributed by atoms with van der Waals surface area (Å²) in [5.74, 6) is 0.670. The second kappa shape index (κ2) is 3.98. The summed E-state index contributed by atoms with van der Waals surface area (Å²) in [7, 11) is 0. The van der Waals surface area contributed by atoms with Crippen molar-refractivity contribution in [1.82, 2.24) is 9.97 Å². The number of hydrogen-bond donors (Lipinski definition) is 1. The lowest BCUT2D eigenvalue weighted by Crippen LogP contribution is -2.15. The third kappa shape index (κ3) is 1.85. The van der Waals surface area contributed by atoms with E-state index in [4.69, 9.17) is 0 Å². The molecule has 0 aliphatic heterocycles. The molecule has 1 N–H and O–H groups in total. The van der Waals surface area contributed by atoms with Crippen LogP contribution in [-0.4, -0.2) is 9.97 Å². The molecule has 15 heavy (non-hydrogen) atoms. The highest BCUT2D eigenvalue weighted by Gasteiger charge is 2.07. The summed E-state index contributed by atoms with van der Waals surface area (Å²) in [5.41, 5.74) is 2.53. The van der Waals surface area contributed by atoms with Crippen molar-refractivity contribution in [2.45, 2.75) is 20.3 Å². The van der Waals surface area contributed by atoms with Gasteiger partial charge < -0.3 is 4.98 Å². The predicted octanol–water partition coefficient (Wildman–Crippen LogP) is 2.37. The minimum absolute atomic E-state index is 0.0388. The van der Waals surface area contributed by atoms with E-state index in [1.54, 1.807) is 11.3 Å². The van der Waals surface area contributed by atoms with Gasteiger partial charge in [0.2, 0.25) is 0 Å². The average Bonchev–Trinajstić information content (AvgIpc) is 2.75. The SMILES string of the molecule is CCc1nc(-c2ccsc2)[nH]c(=O)c1C. The third-order valence-electron chi connectivity index (χ3n) is 2.38. The van der Waals surface area contributed by atoms with E-state index in [9.17, 15) is 4.79 Å². The maximum Gasteiger partial charge on any atom is 0.254 e. The van der Waals surface area contributed by atoms with E-state index >= 15 is 0 Å². The fourth-order valence-electron chi connectivity index (χ4n) is 1.46. The van der Waals surface area contributed by atoms with Crippen LogP contribution >= 0.6 is 11.3 Å². The standard InChI is InChI=1S/C11H12N2OS/c1-3-9-7(2)11(14)13-10(12-9)8-4-5-15-6-8/h4-6H,3H2,1-2H3,(H,12,13,14). The fourth-order valence-corrected chi connectivity index (χ4v) is 2.10. The quantitative estimate of drug-likeness (QED) is 0.844. The van der Waals surface area contributed by atoms with Gasteiger partial charge in [0.05, 0.1) is 5.69 Å². The Morgan fingerprint density at radius 1 is 1.53 bits per heavy atom. The van der Waals surface area contributed by atoms with Crippen LogP contribution in [0.2, 0.25) is 0 Å². The molecular formula is C11H12N2OS. The zero-order valence-electron chi connectivity index (χ0n) is 8.70. The summed E-state index contributed by atoms with van der Waals surface area (Å²) >= 11 is 1.60. The number of H-pyrrole nitrogens is 1. The molecule has 0 saturated heterocycles. The van der Waals surface area contributed by atoms with Crippen LogP contribution < -0.4 is 5.56 Å². The Hall–Kier alpha value is -1.42. The largest absolute Gasteiger partial charge is 0.306 e. The zero-order chi connectivity index (χ0) is 10.8. The van der Waals surface area contributed by atoms with E-state index < -0.39 is 0 Å². The molecule has 2 aromatic rings. The summed E-state index contributed by atoms with van der Waals surface area (Å²) in [6, 6.07) is 1.96. The molecule has 0 saturated carbocycles. The van der Waals surface area contributed by atoms with Crippen molar-refractivity contribution in [1.29, 1.82) is 0 Å². The molecule has 0 radical (unpaired) electrons. The lowest BCUT2D eigenvalue weighted by molar-refractivity contribution is 0.955. The van der Waals surface area contributed by atoms with Crippen LogP contribution in [0.15, 0.2) is 21.6 Å². The highest BCUT2D eigenvalue weighted by atomic mass is 32.1. The van der Waals surface area contributed by atoms with Crippen molar-refractivity contribution in [3.63, 3.8) is 0 Å². The van der Waals surface area contributed by atoms with Gasteiger partial charge in [-0.1, -0.05) is 6.92 Å². The van der Waals surface area contributed by atoms with Gasteiger partial charge in [-0.05, 0) is 24.8 Å². The summed E-state index contributed by atoms with van der Waals surface area (Å²) in [4.78, 5) is 18.9. The molecule has 2 aromatic heterocycles. The molecule has 2 rings (SSSR count). The Morgan fingerprint density at radius 3 is 2.93 bits per heavy atom. The highest BCUT2D eigenvalue weighted by Crippen LogP contribution is 2.17. The molecule has 2 heterocycles. The number of aryl methyl sites for hydroxylation is 1. The van der Waals surface area contributed by atoms with Gasteiger partial charge in [0.15, 0.2) is 0 Å². The van der Waals surface area contributed by atoms with Crippen LogP contribution in [0, 0.1) is 6.92 Å². The molecule has 0 unspecified atom stereocenters. The van der Waals surface area contributed by atoms with E-state index in [0.29, 0.717) is 5.82 Å². The first-order valence-electron chi connectivity index (χ1n) is 4.84. The maximum absolute atomic E-state index is 11.6. The van der Waals surface area contributed by atoms with Gasteiger partial charge in [-0.15, -0.1) is 0 Å². The topological polar surface area (TPSA) is 45.8 Å². The molecule has 0 bridgehead atoms. The van der Waals surface area contributed by atoms with Crippen LogP contribution in [0.3, 0.4) is 0 Å². The first-order valence-corrected chi connectivity index (χ1v) is 5.79. The first-order chi connectivity index (χ1) is 7.22. The minimum atomic E-state index is -0.0388. The molecule has 78 valence electrons. The van der Waals surface area contributed by atoms with Crippen molar-refractivity contribution < 1.29 is 0 Å². The fraction of sp³-hybridized carbons (Fsp3) is 0.273. The van der Waals surface area contributed by atoms with Crippen LogP contribution in [-0.2, 0) is 6.42 Å². The van der Waals surface area contributed by atoms with Crippen molar-refractivity contribution in [2.24, 2.45) is 0 Å². The van der Waals surface area contributed by atoms with Gasteiger partial charge in [0.25, 0.3) is 5.56 Å². The van der Waals surface area contributed by atoms with Crippen LogP contribution in [0.5, 0.6) is 0 Å². The predicted molar refractivity (Wildman–Crippen MR) is 62.3 cm³/mol. The van der Waals surface area contributed by atoms with Gasteiger partial charge in [-0.2, -0.15) is 11.3 Å². The molecule has 0 amide bonds. The molecule has 3 nitrogen and oxygen atoms in total. The Balaban J connectivity index is 2.61. The zero-order valence-corrected chi connectivity index (χ0v) is 9.52. The molecule has 0 aliphatic carbocycles. The number of rotatable bonds is 2. The number of nitrogens with one attached hydrogen (secondary N) is 1. The monoisotopic (exact) mass is 220 g/mol. The first kappa shape index (κ1) is 10.1. The van der Waals surface area contributed by atoms with E-state index in [1.807, 2.05) is 30.7 Å². The van der Waals surface area contributed by atoms with Crippen LogP contribution in [0.1, 0.15) is 18.2 Å². The van der Waals surface area contributed by atoms with E-state index in [0.717, 1.165) is 23.2 Å². The minimum Gasteiger partial charge on any atom is -0.306 e. The van der Waals surface area contributed by atoms with Gasteiger partial charge in [0, 0.05) is 16.5 Å². The van der Waals surface area contributed by atoms with Gasteiger partial charge in [0.1, 0.15) is 5.82 Å². The van der Waals surface area contributed by atoms with Gasteiger partial charge >= 0.3 is 0 Å². The number of hydrogen-bond acceptors (Lipinski definition) is 3. The Morgan fingerprint density at radius 2 is 2.33 bits per heavy atom. The summed E-state index contributed by atoms with van der Waals surface area (Å²) in [6.07, 6.45) is 0.785. The smallest absolute Gasteiger partial charge is 0.254 e. The van der Waals surface area contributed by atoms with Crippen molar-refractivity contribution in [2.75, 3.05) is 0 Å². The van der Waals surface area contributed by atoms with Crippen molar-refractivity contribution >= 4 is 11.3 Å². The summed E-state index contributed by atoms with van der Waals surface area (Å²) in [6.45, 7) is 3.81. The van der Waals surface area contributed by atoms with E-state index in [1.165, 1.54) is 0 Å².